The van der Waals surface area contributed by atoms with Crippen molar-refractivity contribution in [3.05, 3.63) is 96.6 Å². The Bertz CT molecular complexity index is 1110. The van der Waals surface area contributed by atoms with E-state index in [4.69, 9.17) is 0 Å². The van der Waals surface area contributed by atoms with Crippen molar-refractivity contribution in [1.29, 1.82) is 0 Å². The predicted molar refractivity (Wildman–Crippen MR) is 146 cm³/mol. The van der Waals surface area contributed by atoms with E-state index in [1.165, 1.54) is 5.56 Å². The molecule has 0 aromatic heterocycles. The molecule has 1 fully saturated rings. The Labute approximate surface area is 213 Å². The number of benzene rings is 3. The molecule has 4 rings (SSSR count). The first-order chi connectivity index (χ1) is 17.3. The van der Waals surface area contributed by atoms with Crippen molar-refractivity contribution in [1.82, 2.24) is 14.7 Å². The van der Waals surface area contributed by atoms with Crippen LogP contribution in [0.15, 0.2) is 91.0 Å². The standard InChI is InChI=1S/C27H35N3O4P2/c31-35(32,26-12-6-2-7-13-26)23-29-18-16-28(22-25-10-4-1-5-11-25)17-19-30(21-20-29)24-36(33,34)27-14-8-3-9-15-27/h1-15H,16-24H2,(H,31,32)(H,33,34). The molecule has 0 bridgehead atoms. The molecule has 2 unspecified atom stereocenters. The Morgan fingerprint density at radius 3 is 1.25 bits per heavy atom. The van der Waals surface area contributed by atoms with Crippen molar-refractivity contribution in [2.75, 3.05) is 51.8 Å². The van der Waals surface area contributed by atoms with E-state index in [1.807, 2.05) is 40.1 Å². The fraction of sp³-hybridized carbons (Fsp3) is 0.333. The lowest BCUT2D eigenvalue weighted by atomic mass is 10.2. The molecule has 36 heavy (non-hydrogen) atoms. The molecule has 1 heterocycles. The zero-order valence-electron chi connectivity index (χ0n) is 20.5. The van der Waals surface area contributed by atoms with Crippen LogP contribution < -0.4 is 10.6 Å². The molecular formula is C27H35N3O4P2. The van der Waals surface area contributed by atoms with Crippen molar-refractivity contribution in [2.45, 2.75) is 6.54 Å². The molecule has 1 aliphatic rings. The van der Waals surface area contributed by atoms with Crippen LogP contribution in [0.25, 0.3) is 0 Å². The number of rotatable bonds is 8. The minimum Gasteiger partial charge on any atom is -0.340 e. The summed E-state index contributed by atoms with van der Waals surface area (Å²) in [5, 5.41) is 0.901. The van der Waals surface area contributed by atoms with Crippen LogP contribution >= 0.6 is 14.7 Å². The van der Waals surface area contributed by atoms with Crippen LogP contribution in [0, 0.1) is 0 Å². The molecule has 3 aromatic carbocycles. The molecule has 3 aromatic rings. The van der Waals surface area contributed by atoms with Gasteiger partial charge in [-0.2, -0.15) is 0 Å². The first kappa shape index (κ1) is 27.0. The van der Waals surface area contributed by atoms with Gasteiger partial charge in [0.2, 0.25) is 14.7 Å². The van der Waals surface area contributed by atoms with Gasteiger partial charge in [-0.1, -0.05) is 66.7 Å². The highest BCUT2D eigenvalue weighted by Crippen LogP contribution is 2.41. The summed E-state index contributed by atoms with van der Waals surface area (Å²) >= 11 is 0. The van der Waals surface area contributed by atoms with Crippen LogP contribution in [0.4, 0.5) is 0 Å². The molecule has 192 valence electrons. The molecule has 7 nitrogen and oxygen atoms in total. The van der Waals surface area contributed by atoms with Crippen molar-refractivity contribution in [3.63, 3.8) is 0 Å². The summed E-state index contributed by atoms with van der Waals surface area (Å²) in [6.07, 6.45) is 0.110. The smallest absolute Gasteiger partial charge is 0.243 e. The Morgan fingerprint density at radius 2 is 0.861 bits per heavy atom. The molecule has 2 atom stereocenters. The molecule has 0 saturated carbocycles. The second-order valence-corrected chi connectivity index (χ2v) is 13.8. The fourth-order valence-corrected chi connectivity index (χ4v) is 7.75. The van der Waals surface area contributed by atoms with E-state index in [-0.39, 0.29) is 12.6 Å². The lowest BCUT2D eigenvalue weighted by molar-refractivity contribution is 0.222. The third-order valence-electron chi connectivity index (χ3n) is 6.55. The lowest BCUT2D eigenvalue weighted by Gasteiger charge is -2.28. The first-order valence-electron chi connectivity index (χ1n) is 12.3. The van der Waals surface area contributed by atoms with Gasteiger partial charge in [-0.25, -0.2) is 0 Å². The van der Waals surface area contributed by atoms with Gasteiger partial charge < -0.3 is 9.79 Å². The normalized spacial score (nSPS) is 19.9. The van der Waals surface area contributed by atoms with Crippen molar-refractivity contribution >= 4 is 25.3 Å². The van der Waals surface area contributed by atoms with Gasteiger partial charge in [0.1, 0.15) is 0 Å². The Balaban J connectivity index is 1.51. The molecule has 0 radical (unpaired) electrons. The SMILES string of the molecule is O=P(O)(CN1CCN(Cc2ccccc2)CCN(CP(=O)(O)c2ccccc2)CC1)c1ccccc1. The van der Waals surface area contributed by atoms with Gasteiger partial charge in [-0.05, 0) is 29.8 Å². The zero-order valence-corrected chi connectivity index (χ0v) is 22.3. The second kappa shape index (κ2) is 12.4. The zero-order chi connectivity index (χ0) is 25.4. The van der Waals surface area contributed by atoms with E-state index in [0.29, 0.717) is 36.8 Å². The fourth-order valence-electron chi connectivity index (χ4n) is 4.49. The summed E-state index contributed by atoms with van der Waals surface area (Å²) in [5.74, 6) is 0. The summed E-state index contributed by atoms with van der Waals surface area (Å²) in [6, 6.07) is 27.8. The summed E-state index contributed by atoms with van der Waals surface area (Å²) < 4.78 is 26.5. The maximum Gasteiger partial charge on any atom is 0.243 e. The first-order valence-corrected chi connectivity index (χ1v) is 16.0. The second-order valence-electron chi connectivity index (χ2n) is 9.35. The van der Waals surface area contributed by atoms with Crippen molar-refractivity contribution < 1.29 is 18.9 Å². The van der Waals surface area contributed by atoms with Gasteiger partial charge in [-0.15, -0.1) is 0 Å². The largest absolute Gasteiger partial charge is 0.340 e. The highest BCUT2D eigenvalue weighted by atomic mass is 31.2. The third kappa shape index (κ3) is 7.71. The summed E-state index contributed by atoms with van der Waals surface area (Å²) in [5.41, 5.74) is 1.20. The summed E-state index contributed by atoms with van der Waals surface area (Å²) in [6.45, 7) is 4.63. The number of hydrogen-bond donors (Lipinski definition) is 2. The molecule has 0 spiro atoms. The van der Waals surface area contributed by atoms with E-state index in [0.717, 1.165) is 19.6 Å². The molecule has 0 amide bonds. The minimum absolute atomic E-state index is 0.0551. The number of hydrogen-bond acceptors (Lipinski definition) is 5. The predicted octanol–water partition coefficient (Wildman–Crippen LogP) is 3.21. The topological polar surface area (TPSA) is 84.3 Å². The molecule has 1 aliphatic heterocycles. The van der Waals surface area contributed by atoms with Crippen molar-refractivity contribution in [2.24, 2.45) is 0 Å². The van der Waals surface area contributed by atoms with E-state index >= 15 is 0 Å². The van der Waals surface area contributed by atoms with E-state index < -0.39 is 14.7 Å². The average Bonchev–Trinajstić information content (AvgIpc) is 2.97. The van der Waals surface area contributed by atoms with Crippen LogP contribution in [0.5, 0.6) is 0 Å². The van der Waals surface area contributed by atoms with Gasteiger partial charge in [0.25, 0.3) is 0 Å². The van der Waals surface area contributed by atoms with Crippen molar-refractivity contribution in [3.8, 4) is 0 Å². The van der Waals surface area contributed by atoms with Crippen LogP contribution in [-0.2, 0) is 15.7 Å². The van der Waals surface area contributed by atoms with Crippen LogP contribution in [-0.4, -0.2) is 76.3 Å². The van der Waals surface area contributed by atoms with E-state index in [1.54, 1.807) is 48.5 Å². The number of nitrogens with zero attached hydrogens (tertiary/aromatic N) is 3. The Kier molecular flexibility index (Phi) is 9.32. The molecule has 2 N–H and O–H groups in total. The van der Waals surface area contributed by atoms with Crippen LogP contribution in [0.2, 0.25) is 0 Å². The summed E-state index contributed by atoms with van der Waals surface area (Å²) in [7, 11) is -7.14. The Morgan fingerprint density at radius 1 is 0.528 bits per heavy atom. The van der Waals surface area contributed by atoms with Gasteiger partial charge in [0.05, 0.1) is 12.6 Å². The molecule has 9 heteroatoms. The quantitative estimate of drug-likeness (QED) is 0.436. The summed E-state index contributed by atoms with van der Waals surface area (Å²) in [4.78, 5) is 28.1. The minimum atomic E-state index is -3.57. The monoisotopic (exact) mass is 527 g/mol. The van der Waals surface area contributed by atoms with E-state index in [2.05, 4.69) is 17.0 Å². The van der Waals surface area contributed by atoms with Crippen LogP contribution in [0.1, 0.15) is 5.56 Å². The molecular weight excluding hydrogens is 492 g/mol. The lowest BCUT2D eigenvalue weighted by Crippen LogP contribution is -2.38. The average molecular weight is 528 g/mol. The maximum absolute atomic E-state index is 13.2. The highest BCUT2D eigenvalue weighted by molar-refractivity contribution is 7.66. The van der Waals surface area contributed by atoms with Gasteiger partial charge >= 0.3 is 0 Å². The molecule has 1 saturated heterocycles. The molecule has 0 aliphatic carbocycles. The van der Waals surface area contributed by atoms with Gasteiger partial charge in [0, 0.05) is 56.4 Å². The van der Waals surface area contributed by atoms with Crippen LogP contribution in [0.3, 0.4) is 0 Å². The maximum atomic E-state index is 13.2. The highest BCUT2D eigenvalue weighted by Gasteiger charge is 2.29. The Hall–Kier alpha value is -2.08. The van der Waals surface area contributed by atoms with E-state index in [9.17, 15) is 18.9 Å². The van der Waals surface area contributed by atoms with Gasteiger partial charge in [0.15, 0.2) is 0 Å². The van der Waals surface area contributed by atoms with Gasteiger partial charge in [-0.3, -0.25) is 23.8 Å². The third-order valence-corrected chi connectivity index (χ3v) is 10.3.